The first-order valence-electron chi connectivity index (χ1n) is 8.35. The van der Waals surface area contributed by atoms with E-state index < -0.39 is 33.9 Å². The minimum atomic E-state index is -3.59. The zero-order valence-electron chi connectivity index (χ0n) is 15.5. The quantitative estimate of drug-likeness (QED) is 0.359. The summed E-state index contributed by atoms with van der Waals surface area (Å²) in [5.41, 5.74) is 0.664. The van der Waals surface area contributed by atoms with Crippen LogP contribution < -0.4 is 9.47 Å². The van der Waals surface area contributed by atoms with Gasteiger partial charge in [-0.3, -0.25) is 4.18 Å². The standard InChI is InChI=1S/C17H22O9S/c1-5-22-15(18)17(16(19)23-6-2)24-13-8-7-12(10-14(13)25-17)9-11(3)26-27(4,20)21/h7-8,10-11H,5-6,9H2,1-4H3. The number of ether oxygens (including phenoxy) is 4. The molecule has 1 aromatic carbocycles. The SMILES string of the molecule is CCOC(=O)C1(C(=O)OCC)Oc2ccc(CC(C)OS(C)(=O)=O)cc2O1. The van der Waals surface area contributed by atoms with E-state index >= 15 is 0 Å². The lowest BCUT2D eigenvalue weighted by Gasteiger charge is -2.22. The highest BCUT2D eigenvalue weighted by Crippen LogP contribution is 2.41. The molecule has 1 heterocycles. The molecule has 1 unspecified atom stereocenters. The van der Waals surface area contributed by atoms with E-state index in [2.05, 4.69) is 0 Å². The van der Waals surface area contributed by atoms with Crippen LogP contribution in [0.5, 0.6) is 11.5 Å². The van der Waals surface area contributed by atoms with Crippen molar-refractivity contribution in [3.63, 3.8) is 0 Å². The van der Waals surface area contributed by atoms with Crippen molar-refractivity contribution in [1.29, 1.82) is 0 Å². The molecule has 2 rings (SSSR count). The maximum atomic E-state index is 12.3. The van der Waals surface area contributed by atoms with E-state index in [1.54, 1.807) is 26.8 Å². The Hall–Kier alpha value is -2.33. The minimum Gasteiger partial charge on any atom is -0.460 e. The van der Waals surface area contributed by atoms with Crippen molar-refractivity contribution in [2.24, 2.45) is 0 Å². The molecule has 0 bridgehead atoms. The molecular weight excluding hydrogens is 380 g/mol. The molecule has 27 heavy (non-hydrogen) atoms. The van der Waals surface area contributed by atoms with Gasteiger partial charge in [0.05, 0.1) is 25.6 Å². The molecule has 0 spiro atoms. The van der Waals surface area contributed by atoms with E-state index in [1.807, 2.05) is 0 Å². The molecule has 1 aliphatic rings. The third-order valence-electron chi connectivity index (χ3n) is 3.47. The summed E-state index contributed by atoms with van der Waals surface area (Å²) >= 11 is 0. The summed E-state index contributed by atoms with van der Waals surface area (Å²) in [6, 6.07) is 4.70. The normalized spacial score (nSPS) is 15.9. The fraction of sp³-hybridized carbons (Fsp3) is 0.529. The predicted octanol–water partition coefficient (Wildman–Crippen LogP) is 1.19. The number of carbonyl (C=O) groups excluding carboxylic acids is 2. The highest BCUT2D eigenvalue weighted by Gasteiger charge is 2.59. The largest absolute Gasteiger partial charge is 0.460 e. The van der Waals surface area contributed by atoms with Crippen molar-refractivity contribution in [3.05, 3.63) is 23.8 Å². The van der Waals surface area contributed by atoms with Crippen LogP contribution in [0.4, 0.5) is 0 Å². The lowest BCUT2D eigenvalue weighted by molar-refractivity contribution is -0.202. The molecule has 0 N–H and O–H groups in total. The highest BCUT2D eigenvalue weighted by atomic mass is 32.2. The van der Waals surface area contributed by atoms with E-state index in [4.69, 9.17) is 23.1 Å². The smallest absolute Gasteiger partial charge is 0.453 e. The molecular formula is C17H22O9S. The zero-order chi connectivity index (χ0) is 20.2. The Morgan fingerprint density at radius 3 is 2.15 bits per heavy atom. The molecule has 1 aromatic rings. The van der Waals surface area contributed by atoms with Gasteiger partial charge >= 0.3 is 17.7 Å². The fourth-order valence-corrected chi connectivity index (χ4v) is 3.21. The third kappa shape index (κ3) is 4.89. The predicted molar refractivity (Wildman–Crippen MR) is 92.8 cm³/mol. The van der Waals surface area contributed by atoms with Gasteiger partial charge in [-0.25, -0.2) is 9.59 Å². The maximum Gasteiger partial charge on any atom is 0.453 e. The van der Waals surface area contributed by atoms with Crippen LogP contribution in [0.15, 0.2) is 18.2 Å². The molecule has 0 fully saturated rings. The molecule has 0 aliphatic carbocycles. The van der Waals surface area contributed by atoms with Gasteiger partial charge in [-0.05, 0) is 44.9 Å². The van der Waals surface area contributed by atoms with Crippen molar-refractivity contribution >= 4 is 22.1 Å². The van der Waals surface area contributed by atoms with Gasteiger partial charge in [0.25, 0.3) is 10.1 Å². The second-order valence-corrected chi connectivity index (χ2v) is 7.46. The van der Waals surface area contributed by atoms with Crippen LogP contribution in [-0.4, -0.2) is 51.7 Å². The monoisotopic (exact) mass is 402 g/mol. The van der Waals surface area contributed by atoms with Crippen LogP contribution in [0.2, 0.25) is 0 Å². The van der Waals surface area contributed by atoms with Crippen LogP contribution in [0.1, 0.15) is 26.3 Å². The summed E-state index contributed by atoms with van der Waals surface area (Å²) in [7, 11) is -3.59. The summed E-state index contributed by atoms with van der Waals surface area (Å²) in [4.78, 5) is 24.6. The molecule has 0 saturated heterocycles. The summed E-state index contributed by atoms with van der Waals surface area (Å²) in [6.07, 6.45) is 0.617. The molecule has 0 aromatic heterocycles. The maximum absolute atomic E-state index is 12.3. The molecule has 150 valence electrons. The zero-order valence-corrected chi connectivity index (χ0v) is 16.3. The van der Waals surface area contributed by atoms with Gasteiger partial charge in [-0.2, -0.15) is 8.42 Å². The van der Waals surface area contributed by atoms with Gasteiger partial charge in [0.1, 0.15) is 0 Å². The number of rotatable bonds is 8. The molecule has 0 saturated carbocycles. The average molecular weight is 402 g/mol. The fourth-order valence-electron chi connectivity index (χ4n) is 2.54. The lowest BCUT2D eigenvalue weighted by Crippen LogP contribution is -2.55. The van der Waals surface area contributed by atoms with E-state index in [-0.39, 0.29) is 31.1 Å². The summed E-state index contributed by atoms with van der Waals surface area (Å²) in [5.74, 6) is -4.09. The van der Waals surface area contributed by atoms with Crippen molar-refractivity contribution in [1.82, 2.24) is 0 Å². The van der Waals surface area contributed by atoms with Crippen molar-refractivity contribution in [2.75, 3.05) is 19.5 Å². The van der Waals surface area contributed by atoms with Crippen LogP contribution in [0.25, 0.3) is 0 Å². The topological polar surface area (TPSA) is 114 Å². The Kier molecular flexibility index (Phi) is 6.32. The second-order valence-electron chi connectivity index (χ2n) is 5.86. The third-order valence-corrected chi connectivity index (χ3v) is 4.14. The molecule has 1 atom stereocenters. The Morgan fingerprint density at radius 1 is 1.07 bits per heavy atom. The van der Waals surface area contributed by atoms with Crippen LogP contribution in [0, 0.1) is 0 Å². The number of esters is 2. The number of fused-ring (bicyclic) bond motifs is 1. The van der Waals surface area contributed by atoms with Gasteiger partial charge in [0, 0.05) is 0 Å². The van der Waals surface area contributed by atoms with Crippen molar-refractivity contribution in [3.8, 4) is 11.5 Å². The Bertz CT molecular complexity index is 798. The van der Waals surface area contributed by atoms with Gasteiger partial charge in [-0.15, -0.1) is 0 Å². The molecule has 9 nitrogen and oxygen atoms in total. The highest BCUT2D eigenvalue weighted by molar-refractivity contribution is 7.86. The summed E-state index contributed by atoms with van der Waals surface area (Å²) < 4.78 is 48.1. The van der Waals surface area contributed by atoms with E-state index in [0.717, 1.165) is 6.26 Å². The van der Waals surface area contributed by atoms with Gasteiger partial charge < -0.3 is 18.9 Å². The number of benzene rings is 1. The number of hydrogen-bond acceptors (Lipinski definition) is 9. The van der Waals surface area contributed by atoms with E-state index in [0.29, 0.717) is 5.56 Å². The molecule has 1 aliphatic heterocycles. The first-order valence-corrected chi connectivity index (χ1v) is 10.2. The second kappa shape index (κ2) is 8.13. The van der Waals surface area contributed by atoms with Crippen molar-refractivity contribution in [2.45, 2.75) is 39.1 Å². The number of hydrogen-bond donors (Lipinski definition) is 0. The molecule has 10 heteroatoms. The van der Waals surface area contributed by atoms with Crippen LogP contribution in [0.3, 0.4) is 0 Å². The first-order chi connectivity index (χ1) is 12.6. The minimum absolute atomic E-state index is 0.0225. The van der Waals surface area contributed by atoms with Crippen LogP contribution in [-0.2, 0) is 39.8 Å². The summed E-state index contributed by atoms with van der Waals surface area (Å²) in [6.45, 7) is 4.82. The Labute approximate surface area is 157 Å². The Balaban J connectivity index is 2.25. The van der Waals surface area contributed by atoms with Gasteiger partial charge in [-0.1, -0.05) is 6.07 Å². The Morgan fingerprint density at radius 2 is 1.63 bits per heavy atom. The summed E-state index contributed by atoms with van der Waals surface area (Å²) in [5, 5.41) is 0. The number of carbonyl (C=O) groups is 2. The molecule has 0 radical (unpaired) electrons. The lowest BCUT2D eigenvalue weighted by atomic mass is 10.1. The first kappa shape index (κ1) is 21.0. The average Bonchev–Trinajstić information content (AvgIpc) is 2.93. The molecule has 0 amide bonds. The van der Waals surface area contributed by atoms with Gasteiger partial charge in [0.15, 0.2) is 11.5 Å². The van der Waals surface area contributed by atoms with E-state index in [1.165, 1.54) is 12.1 Å². The van der Waals surface area contributed by atoms with Crippen LogP contribution >= 0.6 is 0 Å². The van der Waals surface area contributed by atoms with E-state index in [9.17, 15) is 18.0 Å². The van der Waals surface area contributed by atoms with Crippen molar-refractivity contribution < 1.29 is 41.1 Å². The van der Waals surface area contributed by atoms with Gasteiger partial charge in [0.2, 0.25) is 0 Å².